The number of hydrogen-bond donors (Lipinski definition) is 1. The number of hydrogen-bond acceptors (Lipinski definition) is 2. The Morgan fingerprint density at radius 2 is 1.89 bits per heavy atom. The van der Waals surface area contributed by atoms with E-state index in [2.05, 4.69) is 0 Å². The largest absolute Gasteiger partial charge is 0.493 e. The maximum Gasteiger partial charge on any atom is 0.309 e. The van der Waals surface area contributed by atoms with Gasteiger partial charge < -0.3 is 9.84 Å². The Morgan fingerprint density at radius 1 is 1.26 bits per heavy atom. The molecule has 1 aromatic carbocycles. The molecular formula is C14H18F2O3. The highest BCUT2D eigenvalue weighted by molar-refractivity contribution is 5.74. The van der Waals surface area contributed by atoms with Crippen molar-refractivity contribution in [2.45, 2.75) is 33.1 Å². The van der Waals surface area contributed by atoms with Gasteiger partial charge in [-0.2, -0.15) is 0 Å². The Hall–Kier alpha value is -1.65. The highest BCUT2D eigenvalue weighted by atomic mass is 19.2. The van der Waals surface area contributed by atoms with Crippen molar-refractivity contribution in [3.05, 3.63) is 29.8 Å². The van der Waals surface area contributed by atoms with Crippen LogP contribution >= 0.6 is 0 Å². The van der Waals surface area contributed by atoms with Gasteiger partial charge >= 0.3 is 5.97 Å². The molecule has 1 aromatic rings. The lowest BCUT2D eigenvalue weighted by atomic mass is 9.79. The van der Waals surface area contributed by atoms with Crippen LogP contribution in [-0.2, 0) is 4.79 Å². The van der Waals surface area contributed by atoms with E-state index in [0.717, 1.165) is 12.1 Å². The zero-order valence-electron chi connectivity index (χ0n) is 11.1. The van der Waals surface area contributed by atoms with Crippen molar-refractivity contribution in [2.75, 3.05) is 6.61 Å². The van der Waals surface area contributed by atoms with E-state index in [4.69, 9.17) is 4.74 Å². The monoisotopic (exact) mass is 272 g/mol. The molecule has 0 amide bonds. The molecule has 0 radical (unpaired) electrons. The van der Waals surface area contributed by atoms with Gasteiger partial charge in [0.15, 0.2) is 11.6 Å². The van der Waals surface area contributed by atoms with Gasteiger partial charge in [0.1, 0.15) is 5.75 Å². The lowest BCUT2D eigenvalue weighted by Crippen LogP contribution is -2.31. The van der Waals surface area contributed by atoms with Gasteiger partial charge in [-0.15, -0.1) is 0 Å². The maximum atomic E-state index is 13.0. The molecule has 0 unspecified atom stereocenters. The highest BCUT2D eigenvalue weighted by Crippen LogP contribution is 2.31. The third-order valence-electron chi connectivity index (χ3n) is 3.55. The third kappa shape index (κ3) is 3.66. The van der Waals surface area contributed by atoms with Crippen LogP contribution in [0.1, 0.15) is 33.1 Å². The molecule has 106 valence electrons. The first-order valence-corrected chi connectivity index (χ1v) is 6.26. The lowest BCUT2D eigenvalue weighted by Gasteiger charge is -2.26. The van der Waals surface area contributed by atoms with Crippen molar-refractivity contribution in [1.29, 1.82) is 0 Å². The number of carboxylic acids is 1. The van der Waals surface area contributed by atoms with Gasteiger partial charge in [0, 0.05) is 6.07 Å². The summed E-state index contributed by atoms with van der Waals surface area (Å²) in [6, 6.07) is 3.25. The molecule has 0 aromatic heterocycles. The summed E-state index contributed by atoms with van der Waals surface area (Å²) in [6.07, 6.45) is 1.33. The average Bonchev–Trinajstić information content (AvgIpc) is 2.39. The molecular weight excluding hydrogens is 254 g/mol. The Morgan fingerprint density at radius 3 is 2.37 bits per heavy atom. The van der Waals surface area contributed by atoms with Gasteiger partial charge in [-0.3, -0.25) is 4.79 Å². The Bertz CT molecular complexity index is 442. The van der Waals surface area contributed by atoms with Crippen molar-refractivity contribution in [1.82, 2.24) is 0 Å². The first-order valence-electron chi connectivity index (χ1n) is 6.26. The maximum absolute atomic E-state index is 13.0. The summed E-state index contributed by atoms with van der Waals surface area (Å²) in [5, 5.41) is 9.24. The van der Waals surface area contributed by atoms with E-state index in [1.807, 2.05) is 13.8 Å². The van der Waals surface area contributed by atoms with Crippen LogP contribution in [0.2, 0.25) is 0 Å². The van der Waals surface area contributed by atoms with Crippen molar-refractivity contribution in [3.63, 3.8) is 0 Å². The summed E-state index contributed by atoms with van der Waals surface area (Å²) >= 11 is 0. The SMILES string of the molecule is CCC(CC)(CCOc1ccc(F)c(F)c1)C(=O)O. The highest BCUT2D eigenvalue weighted by Gasteiger charge is 2.34. The van der Waals surface area contributed by atoms with Gasteiger partial charge in [0.05, 0.1) is 12.0 Å². The summed E-state index contributed by atoms with van der Waals surface area (Å²) in [7, 11) is 0. The van der Waals surface area contributed by atoms with Crippen LogP contribution in [0.25, 0.3) is 0 Å². The van der Waals surface area contributed by atoms with Gasteiger partial charge in [-0.25, -0.2) is 8.78 Å². The van der Waals surface area contributed by atoms with E-state index < -0.39 is 23.0 Å². The summed E-state index contributed by atoms with van der Waals surface area (Å²) in [6.45, 7) is 3.78. The molecule has 0 fully saturated rings. The molecule has 19 heavy (non-hydrogen) atoms. The fourth-order valence-electron chi connectivity index (χ4n) is 1.94. The minimum absolute atomic E-state index is 0.152. The number of halogens is 2. The molecule has 0 saturated carbocycles. The zero-order chi connectivity index (χ0) is 14.5. The van der Waals surface area contributed by atoms with E-state index in [0.29, 0.717) is 19.3 Å². The van der Waals surface area contributed by atoms with Gasteiger partial charge in [0.25, 0.3) is 0 Å². The fraction of sp³-hybridized carbons (Fsp3) is 0.500. The first-order chi connectivity index (χ1) is 8.95. The molecule has 1 rings (SSSR count). The Labute approximate surface area is 111 Å². The predicted molar refractivity (Wildman–Crippen MR) is 67.1 cm³/mol. The molecule has 0 aliphatic heterocycles. The second-order valence-corrected chi connectivity index (χ2v) is 4.47. The standard InChI is InChI=1S/C14H18F2O3/c1-3-14(4-2,13(17)18)7-8-19-10-5-6-11(15)12(16)9-10/h5-6,9H,3-4,7-8H2,1-2H3,(H,17,18). The summed E-state index contributed by atoms with van der Waals surface area (Å²) in [5.74, 6) is -2.57. The molecule has 3 nitrogen and oxygen atoms in total. The van der Waals surface area contributed by atoms with Crippen molar-refractivity contribution in [3.8, 4) is 5.75 Å². The van der Waals surface area contributed by atoms with Gasteiger partial charge in [0.2, 0.25) is 0 Å². The van der Waals surface area contributed by atoms with Crippen molar-refractivity contribution in [2.24, 2.45) is 5.41 Å². The predicted octanol–water partition coefficient (Wildman–Crippen LogP) is 3.62. The van der Waals surface area contributed by atoms with Crippen LogP contribution in [-0.4, -0.2) is 17.7 Å². The number of aliphatic carboxylic acids is 1. The molecule has 0 aliphatic rings. The zero-order valence-corrected chi connectivity index (χ0v) is 11.1. The molecule has 0 heterocycles. The lowest BCUT2D eigenvalue weighted by molar-refractivity contribution is -0.150. The number of carboxylic acid groups (broad SMARTS) is 1. The van der Waals surface area contributed by atoms with Crippen LogP contribution < -0.4 is 4.74 Å². The van der Waals surface area contributed by atoms with E-state index >= 15 is 0 Å². The summed E-state index contributed by atoms with van der Waals surface area (Å²) in [4.78, 5) is 11.3. The van der Waals surface area contributed by atoms with Crippen LogP contribution in [0, 0.1) is 17.0 Å². The molecule has 1 N–H and O–H groups in total. The smallest absolute Gasteiger partial charge is 0.309 e. The molecule has 0 spiro atoms. The van der Waals surface area contributed by atoms with Crippen LogP contribution in [0.3, 0.4) is 0 Å². The number of rotatable bonds is 7. The van der Waals surface area contributed by atoms with Crippen LogP contribution in [0.5, 0.6) is 5.75 Å². The first kappa shape index (κ1) is 15.4. The van der Waals surface area contributed by atoms with Crippen molar-refractivity contribution < 1.29 is 23.4 Å². The summed E-state index contributed by atoms with van der Waals surface area (Å²) < 4.78 is 30.9. The quantitative estimate of drug-likeness (QED) is 0.824. The second kappa shape index (κ2) is 6.50. The van der Waals surface area contributed by atoms with E-state index in [1.54, 1.807) is 0 Å². The van der Waals surface area contributed by atoms with E-state index in [-0.39, 0.29) is 12.4 Å². The van der Waals surface area contributed by atoms with Gasteiger partial charge in [-0.1, -0.05) is 13.8 Å². The molecule has 0 bridgehead atoms. The normalized spacial score (nSPS) is 11.4. The van der Waals surface area contributed by atoms with Crippen LogP contribution in [0.4, 0.5) is 8.78 Å². The molecule has 0 aliphatic carbocycles. The molecule has 5 heteroatoms. The number of ether oxygens (including phenoxy) is 1. The van der Waals surface area contributed by atoms with Crippen molar-refractivity contribution >= 4 is 5.97 Å². The van der Waals surface area contributed by atoms with E-state index in [9.17, 15) is 18.7 Å². The van der Waals surface area contributed by atoms with Crippen LogP contribution in [0.15, 0.2) is 18.2 Å². The molecule has 0 atom stereocenters. The minimum Gasteiger partial charge on any atom is -0.493 e. The Balaban J connectivity index is 2.61. The topological polar surface area (TPSA) is 46.5 Å². The molecule has 0 saturated heterocycles. The third-order valence-corrected chi connectivity index (χ3v) is 3.55. The van der Waals surface area contributed by atoms with E-state index in [1.165, 1.54) is 6.07 Å². The summed E-state index contributed by atoms with van der Waals surface area (Å²) in [5.41, 5.74) is -0.821. The number of carbonyl (C=O) groups is 1. The second-order valence-electron chi connectivity index (χ2n) is 4.47. The Kier molecular flexibility index (Phi) is 5.27. The fourth-order valence-corrected chi connectivity index (χ4v) is 1.94. The van der Waals surface area contributed by atoms with Gasteiger partial charge in [-0.05, 0) is 31.4 Å². The minimum atomic E-state index is -0.979. The average molecular weight is 272 g/mol. The number of benzene rings is 1.